The summed E-state index contributed by atoms with van der Waals surface area (Å²) < 4.78 is 26.1. The van der Waals surface area contributed by atoms with Crippen molar-refractivity contribution >= 4 is 49.5 Å². The number of rotatable bonds is 5. The van der Waals surface area contributed by atoms with Crippen molar-refractivity contribution in [2.24, 2.45) is 0 Å². The maximum atomic E-state index is 13.0. The lowest BCUT2D eigenvalue weighted by molar-refractivity contribution is 0.529. The number of aromatic nitrogens is 1. The van der Waals surface area contributed by atoms with E-state index in [9.17, 15) is 8.42 Å². The van der Waals surface area contributed by atoms with Gasteiger partial charge >= 0.3 is 0 Å². The molecule has 1 aromatic heterocycles. The summed E-state index contributed by atoms with van der Waals surface area (Å²) in [5.41, 5.74) is 4.87. The zero-order valence-corrected chi connectivity index (χ0v) is 20.6. The predicted molar refractivity (Wildman–Crippen MR) is 130 cm³/mol. The Morgan fingerprint density at radius 1 is 1.06 bits per heavy atom. The summed E-state index contributed by atoms with van der Waals surface area (Å²) in [6.45, 7) is 5.57. The van der Waals surface area contributed by atoms with Crippen LogP contribution in [0.2, 0.25) is 10.0 Å². The third kappa shape index (κ3) is 4.92. The molecule has 2 heterocycles. The van der Waals surface area contributed by atoms with Crippen molar-refractivity contribution in [2.75, 3.05) is 18.0 Å². The monoisotopic (exact) mass is 494 g/mol. The van der Waals surface area contributed by atoms with Crippen LogP contribution in [0.15, 0.2) is 46.7 Å². The summed E-state index contributed by atoms with van der Waals surface area (Å²) in [6, 6.07) is 11.0. The minimum atomic E-state index is -3.44. The largest absolute Gasteiger partial charge is 0.348 e. The predicted octanol–water partition coefficient (Wildman–Crippen LogP) is 6.10. The van der Waals surface area contributed by atoms with Crippen LogP contribution in [0.25, 0.3) is 0 Å². The lowest BCUT2D eigenvalue weighted by Gasteiger charge is -2.31. The molecule has 0 N–H and O–H groups in total. The highest BCUT2D eigenvalue weighted by molar-refractivity contribution is 7.92. The van der Waals surface area contributed by atoms with Crippen LogP contribution >= 0.6 is 34.5 Å². The summed E-state index contributed by atoms with van der Waals surface area (Å²) in [6.07, 6.45) is 1.94. The maximum Gasteiger partial charge on any atom is 0.185 e. The van der Waals surface area contributed by atoms with Crippen LogP contribution in [-0.2, 0) is 16.3 Å². The van der Waals surface area contributed by atoms with Gasteiger partial charge < -0.3 is 4.90 Å². The van der Waals surface area contributed by atoms with Gasteiger partial charge in [-0.25, -0.2) is 13.4 Å². The lowest BCUT2D eigenvalue weighted by Crippen LogP contribution is -2.39. The van der Waals surface area contributed by atoms with Crippen LogP contribution in [-0.4, -0.2) is 31.7 Å². The zero-order valence-electron chi connectivity index (χ0n) is 17.4. The van der Waals surface area contributed by atoms with Gasteiger partial charge in [-0.3, -0.25) is 0 Å². The van der Waals surface area contributed by atoms with Crippen molar-refractivity contribution in [2.45, 2.75) is 43.3 Å². The van der Waals surface area contributed by atoms with E-state index in [1.54, 1.807) is 17.4 Å². The maximum absolute atomic E-state index is 13.0. The highest BCUT2D eigenvalue weighted by Gasteiger charge is 2.32. The molecule has 0 unspecified atom stereocenters. The van der Waals surface area contributed by atoms with Gasteiger partial charge in [-0.15, -0.1) is 11.3 Å². The first-order valence-corrected chi connectivity index (χ1v) is 13.4. The van der Waals surface area contributed by atoms with Crippen molar-refractivity contribution in [3.8, 4) is 0 Å². The average molecular weight is 495 g/mol. The minimum absolute atomic E-state index is 0.241. The van der Waals surface area contributed by atoms with Gasteiger partial charge in [0.05, 0.1) is 25.9 Å². The van der Waals surface area contributed by atoms with Crippen molar-refractivity contribution in [1.29, 1.82) is 0 Å². The van der Waals surface area contributed by atoms with Crippen molar-refractivity contribution in [1.82, 2.24) is 4.98 Å². The number of hydrogen-bond acceptors (Lipinski definition) is 5. The van der Waals surface area contributed by atoms with E-state index in [1.165, 1.54) is 28.8 Å². The van der Waals surface area contributed by atoms with Crippen molar-refractivity contribution in [3.05, 3.63) is 74.2 Å². The minimum Gasteiger partial charge on any atom is -0.348 e. The van der Waals surface area contributed by atoms with Crippen LogP contribution < -0.4 is 4.90 Å². The fourth-order valence-electron chi connectivity index (χ4n) is 3.91. The molecule has 1 aliphatic rings. The van der Waals surface area contributed by atoms with E-state index in [-0.39, 0.29) is 9.92 Å². The fraction of sp³-hybridized carbons (Fsp3) is 0.348. The van der Waals surface area contributed by atoms with Gasteiger partial charge in [-0.05, 0) is 56.0 Å². The van der Waals surface area contributed by atoms with Crippen LogP contribution in [0.3, 0.4) is 0 Å². The number of anilines is 1. The SMILES string of the molecule is Cc1ccc(C)c(Cc2csc(N3CCC(S(=O)(=O)c4ccc(Cl)c(Cl)c4)CC3)n2)c1. The number of benzene rings is 2. The van der Waals surface area contributed by atoms with Gasteiger partial charge in [0, 0.05) is 24.9 Å². The number of hydrogen-bond donors (Lipinski definition) is 0. The molecule has 2 aromatic carbocycles. The normalized spacial score (nSPS) is 15.4. The molecule has 31 heavy (non-hydrogen) atoms. The molecule has 4 nitrogen and oxygen atoms in total. The van der Waals surface area contributed by atoms with Crippen molar-refractivity contribution in [3.63, 3.8) is 0 Å². The van der Waals surface area contributed by atoms with E-state index in [4.69, 9.17) is 28.2 Å². The molecular formula is C23H24Cl2N2O2S2. The Labute approximate surface area is 197 Å². The molecule has 0 radical (unpaired) electrons. The van der Waals surface area contributed by atoms with E-state index in [0.717, 1.165) is 17.2 Å². The van der Waals surface area contributed by atoms with Crippen LogP contribution in [0.5, 0.6) is 0 Å². The second-order valence-corrected chi connectivity index (χ2v) is 11.9. The molecule has 1 fully saturated rings. The van der Waals surface area contributed by atoms with Gasteiger partial charge in [0.15, 0.2) is 15.0 Å². The molecular weight excluding hydrogens is 471 g/mol. The topological polar surface area (TPSA) is 50.3 Å². The third-order valence-corrected chi connectivity index (χ3v) is 9.74. The number of halogens is 2. The van der Waals surface area contributed by atoms with E-state index < -0.39 is 15.1 Å². The Morgan fingerprint density at radius 3 is 2.52 bits per heavy atom. The van der Waals surface area contributed by atoms with E-state index in [0.29, 0.717) is 31.0 Å². The van der Waals surface area contributed by atoms with Gasteiger partial charge in [-0.1, -0.05) is 47.0 Å². The molecule has 0 bridgehead atoms. The molecule has 0 spiro atoms. The molecule has 4 rings (SSSR count). The van der Waals surface area contributed by atoms with Crippen LogP contribution in [0, 0.1) is 13.8 Å². The first-order valence-electron chi connectivity index (χ1n) is 10.2. The number of aryl methyl sites for hydroxylation is 2. The highest BCUT2D eigenvalue weighted by atomic mass is 35.5. The summed E-state index contributed by atoms with van der Waals surface area (Å²) in [7, 11) is -3.44. The van der Waals surface area contributed by atoms with Crippen molar-refractivity contribution < 1.29 is 8.42 Å². The standard InChI is InChI=1S/C23H24Cl2N2O2S2/c1-15-3-4-16(2)17(11-15)12-18-14-30-23(26-18)27-9-7-19(8-10-27)31(28,29)20-5-6-21(24)22(25)13-20/h3-6,11,13-14,19H,7-10,12H2,1-2H3. The summed E-state index contributed by atoms with van der Waals surface area (Å²) >= 11 is 13.6. The summed E-state index contributed by atoms with van der Waals surface area (Å²) in [4.78, 5) is 7.26. The molecule has 164 valence electrons. The molecule has 1 saturated heterocycles. The second-order valence-electron chi connectivity index (χ2n) is 8.04. The smallest absolute Gasteiger partial charge is 0.185 e. The average Bonchev–Trinajstić information content (AvgIpc) is 3.21. The molecule has 0 saturated carbocycles. The summed E-state index contributed by atoms with van der Waals surface area (Å²) in [5, 5.41) is 3.27. The van der Waals surface area contributed by atoms with Crippen LogP contribution in [0.1, 0.15) is 35.2 Å². The third-order valence-electron chi connectivity index (χ3n) is 5.79. The Bertz CT molecular complexity index is 1200. The van der Waals surface area contributed by atoms with Gasteiger partial charge in [0.25, 0.3) is 0 Å². The van der Waals surface area contributed by atoms with E-state index in [1.807, 2.05) is 0 Å². The van der Waals surface area contributed by atoms with Gasteiger partial charge in [0.1, 0.15) is 0 Å². The number of nitrogens with zero attached hydrogens (tertiary/aromatic N) is 2. The molecule has 8 heteroatoms. The van der Waals surface area contributed by atoms with Gasteiger partial charge in [0.2, 0.25) is 0 Å². The van der Waals surface area contributed by atoms with Gasteiger partial charge in [-0.2, -0.15) is 0 Å². The second kappa shape index (κ2) is 9.10. The molecule has 1 aliphatic heterocycles. The van der Waals surface area contributed by atoms with E-state index in [2.05, 4.69) is 42.3 Å². The Hall–Kier alpha value is -1.60. The zero-order chi connectivity index (χ0) is 22.2. The number of thiazole rings is 1. The molecule has 3 aromatic rings. The fourth-order valence-corrected chi connectivity index (χ4v) is 6.91. The Balaban J connectivity index is 1.42. The number of sulfone groups is 1. The summed E-state index contributed by atoms with van der Waals surface area (Å²) in [5.74, 6) is 0. The highest BCUT2D eigenvalue weighted by Crippen LogP contribution is 2.32. The molecule has 0 amide bonds. The first kappa shape index (κ1) is 22.6. The molecule has 0 aliphatic carbocycles. The molecule has 0 atom stereocenters. The van der Waals surface area contributed by atoms with Crippen LogP contribution in [0.4, 0.5) is 5.13 Å². The van der Waals surface area contributed by atoms with E-state index >= 15 is 0 Å². The lowest BCUT2D eigenvalue weighted by atomic mass is 10.0. The Morgan fingerprint density at radius 2 is 1.81 bits per heavy atom. The quantitative estimate of drug-likeness (QED) is 0.429. The first-order chi connectivity index (χ1) is 14.7. The Kier molecular flexibility index (Phi) is 6.63. The number of piperidine rings is 1.